The van der Waals surface area contributed by atoms with Gasteiger partial charge in [-0.2, -0.15) is 0 Å². The van der Waals surface area contributed by atoms with E-state index in [1.807, 2.05) is 84.9 Å². The molecule has 2 N–H and O–H groups in total. The van der Waals surface area contributed by atoms with Crippen molar-refractivity contribution < 1.29 is 14.6 Å². The van der Waals surface area contributed by atoms with Crippen LogP contribution in [0.25, 0.3) is 89.2 Å². The first-order chi connectivity index (χ1) is 32.6. The van der Waals surface area contributed by atoms with Gasteiger partial charge in [0.05, 0.1) is 22.8 Å². The van der Waals surface area contributed by atoms with Crippen molar-refractivity contribution in [2.45, 2.75) is 118 Å². The summed E-state index contributed by atoms with van der Waals surface area (Å²) >= 11 is 0. The van der Waals surface area contributed by atoms with E-state index in [1.54, 1.807) is 6.07 Å². The molecule has 6 aromatic carbocycles. The predicted molar refractivity (Wildman–Crippen MR) is 290 cm³/mol. The molecule has 0 radical (unpaired) electrons. The minimum atomic E-state index is -0.114. The molecule has 0 saturated heterocycles. The Morgan fingerprint density at radius 2 is 0.971 bits per heavy atom. The lowest BCUT2D eigenvalue weighted by molar-refractivity contribution is 0.477. The average Bonchev–Trinajstić information content (AvgIpc) is 3.68. The Labute approximate surface area is 409 Å². The second kappa shape index (κ2) is 17.5. The number of aromatic nitrogens is 2. The molecule has 3 aromatic heterocycles. The summed E-state index contributed by atoms with van der Waals surface area (Å²) < 4.78 is 6.57. The Hall–Kier alpha value is -6.98. The van der Waals surface area contributed by atoms with Crippen LogP contribution in [0.1, 0.15) is 130 Å². The van der Waals surface area contributed by atoms with Crippen LogP contribution in [0.4, 0.5) is 0 Å². The van der Waals surface area contributed by atoms with Crippen molar-refractivity contribution in [3.05, 3.63) is 167 Å². The largest absolute Gasteiger partial charge is 0.507 e. The molecule has 0 atom stereocenters. The molecule has 0 saturated carbocycles. The van der Waals surface area contributed by atoms with Gasteiger partial charge in [0.2, 0.25) is 0 Å². The van der Waals surface area contributed by atoms with Crippen LogP contribution in [0, 0.1) is 0 Å². The molecule has 350 valence electrons. The number of phenols is 2. The molecule has 5 nitrogen and oxygen atoms in total. The molecule has 0 spiro atoms. The van der Waals surface area contributed by atoms with E-state index in [0.717, 1.165) is 38.6 Å². The zero-order valence-electron chi connectivity index (χ0n) is 42.6. The minimum absolute atomic E-state index is 0.00509. The molecule has 0 aliphatic carbocycles. The fraction of sp³-hybridized carbons (Fsp3) is 0.281. The molecule has 3 heterocycles. The Morgan fingerprint density at radius 3 is 1.59 bits per heavy atom. The molecule has 5 heteroatoms. The second-order valence-electron chi connectivity index (χ2n) is 22.6. The number of pyridine rings is 2. The van der Waals surface area contributed by atoms with Gasteiger partial charge in [-0.25, -0.2) is 9.97 Å². The van der Waals surface area contributed by atoms with E-state index in [1.165, 1.54) is 33.4 Å². The van der Waals surface area contributed by atoms with Crippen molar-refractivity contribution in [1.82, 2.24) is 9.97 Å². The Morgan fingerprint density at radius 1 is 0.420 bits per heavy atom. The van der Waals surface area contributed by atoms with Crippen molar-refractivity contribution in [3.63, 3.8) is 0 Å². The third-order valence-electron chi connectivity index (χ3n) is 13.7. The number of furan rings is 1. The van der Waals surface area contributed by atoms with Crippen LogP contribution in [0.2, 0.25) is 0 Å². The smallest absolute Gasteiger partial charge is 0.137 e. The van der Waals surface area contributed by atoms with E-state index in [-0.39, 0.29) is 39.6 Å². The van der Waals surface area contributed by atoms with Crippen LogP contribution in [-0.4, -0.2) is 20.2 Å². The average molecular weight is 911 g/mol. The summed E-state index contributed by atoms with van der Waals surface area (Å²) in [6.07, 6.45) is 0. The van der Waals surface area contributed by atoms with Crippen LogP contribution < -0.4 is 0 Å². The molecule has 69 heavy (non-hydrogen) atoms. The number of para-hydroxylation sites is 1. The zero-order valence-corrected chi connectivity index (χ0v) is 42.6. The summed E-state index contributed by atoms with van der Waals surface area (Å²) in [7, 11) is 0. The Balaban J connectivity index is 1.28. The lowest BCUT2D eigenvalue weighted by Crippen LogP contribution is -2.16. The Kier molecular flexibility index (Phi) is 12.0. The van der Waals surface area contributed by atoms with Crippen LogP contribution in [-0.2, 0) is 16.2 Å². The van der Waals surface area contributed by atoms with Gasteiger partial charge in [-0.05, 0) is 132 Å². The first-order valence-electron chi connectivity index (χ1n) is 24.5. The highest BCUT2D eigenvalue weighted by Gasteiger charge is 2.27. The summed E-state index contributed by atoms with van der Waals surface area (Å²) in [5.41, 5.74) is 17.0. The first-order valence-corrected chi connectivity index (χ1v) is 24.5. The highest BCUT2D eigenvalue weighted by atomic mass is 16.3. The lowest BCUT2D eigenvalue weighted by Gasteiger charge is -2.27. The molecule has 0 amide bonds. The molecular weight excluding hydrogens is 845 g/mol. The SMILES string of the molecule is CC(C)c1cc(C(C)(C)C)cc(C(C)C)c1-c1ccc(O)c(-c2cccc(-c3cc(-c4cc(C(C)(C)C)cc(C(C)(C)C)c4)cc(-c4cc5oc6ccccc6c5c(-c5ccccc5)c4O)n3)n2)c1. The minimum Gasteiger partial charge on any atom is -0.507 e. The van der Waals surface area contributed by atoms with E-state index >= 15 is 0 Å². The number of hydrogen-bond acceptors (Lipinski definition) is 5. The van der Waals surface area contributed by atoms with Gasteiger partial charge in [0.25, 0.3) is 0 Å². The van der Waals surface area contributed by atoms with Gasteiger partial charge >= 0.3 is 0 Å². The van der Waals surface area contributed by atoms with E-state index in [0.29, 0.717) is 45.0 Å². The van der Waals surface area contributed by atoms with Gasteiger partial charge in [-0.1, -0.05) is 181 Å². The zero-order chi connectivity index (χ0) is 49.3. The van der Waals surface area contributed by atoms with Crippen molar-refractivity contribution >= 4 is 21.9 Å². The number of nitrogens with zero attached hydrogens (tertiary/aromatic N) is 2. The quantitative estimate of drug-likeness (QED) is 0.159. The van der Waals surface area contributed by atoms with Gasteiger partial charge in [-0.3, -0.25) is 0 Å². The highest BCUT2D eigenvalue weighted by Crippen LogP contribution is 2.48. The number of fused-ring (bicyclic) bond motifs is 3. The van der Waals surface area contributed by atoms with Crippen molar-refractivity contribution in [3.8, 4) is 78.8 Å². The van der Waals surface area contributed by atoms with Gasteiger partial charge in [0, 0.05) is 27.5 Å². The van der Waals surface area contributed by atoms with Gasteiger partial charge < -0.3 is 14.6 Å². The molecule has 0 unspecified atom stereocenters. The van der Waals surface area contributed by atoms with Crippen molar-refractivity contribution in [1.29, 1.82) is 0 Å². The van der Waals surface area contributed by atoms with Crippen LogP contribution in [0.3, 0.4) is 0 Å². The molecule has 9 aromatic rings. The van der Waals surface area contributed by atoms with Crippen LogP contribution in [0.15, 0.2) is 144 Å². The topological polar surface area (TPSA) is 79.4 Å². The van der Waals surface area contributed by atoms with Crippen LogP contribution >= 0.6 is 0 Å². The van der Waals surface area contributed by atoms with Gasteiger partial charge in [0.1, 0.15) is 22.7 Å². The third kappa shape index (κ3) is 9.08. The summed E-state index contributed by atoms with van der Waals surface area (Å²) in [5.74, 6) is 0.839. The van der Waals surface area contributed by atoms with Gasteiger partial charge in [-0.15, -0.1) is 0 Å². The van der Waals surface area contributed by atoms with E-state index in [2.05, 4.69) is 139 Å². The van der Waals surface area contributed by atoms with Crippen molar-refractivity contribution in [2.24, 2.45) is 0 Å². The molecule has 9 rings (SSSR count). The standard InChI is InChI=1S/C64H66N2O3/c1-37(2)47-34-45(64(11,12)13)35-48(38(3)4)58(47)40-26-27-55(67)49(30-40)51-23-19-24-52(65-51)54-32-42(41-28-43(62(5,6)7)33-44(29-41)63(8,9)10)31-53(66-54)50-36-57-60(46-22-17-18-25-56(46)69-57)59(61(50)68)39-20-15-14-16-21-39/h14-38,67-68H,1-13H3. The molecule has 0 bridgehead atoms. The maximum absolute atomic E-state index is 12.7. The molecule has 0 fully saturated rings. The maximum Gasteiger partial charge on any atom is 0.137 e. The lowest BCUT2D eigenvalue weighted by atomic mass is 9.77. The van der Waals surface area contributed by atoms with Gasteiger partial charge in [0.15, 0.2) is 0 Å². The predicted octanol–water partition coefficient (Wildman–Crippen LogP) is 17.9. The van der Waals surface area contributed by atoms with Crippen molar-refractivity contribution in [2.75, 3.05) is 0 Å². The maximum atomic E-state index is 12.7. The van der Waals surface area contributed by atoms with E-state index in [9.17, 15) is 10.2 Å². The number of hydrogen-bond donors (Lipinski definition) is 2. The number of benzene rings is 6. The molecule has 0 aliphatic rings. The first kappa shape index (κ1) is 47.1. The van der Waals surface area contributed by atoms with Crippen LogP contribution in [0.5, 0.6) is 11.5 Å². The number of aromatic hydroxyl groups is 2. The second-order valence-corrected chi connectivity index (χ2v) is 22.6. The normalized spacial score (nSPS) is 12.5. The Bertz CT molecular complexity index is 3340. The summed E-state index contributed by atoms with van der Waals surface area (Å²) in [5, 5.41) is 26.1. The van der Waals surface area contributed by atoms with E-state index in [4.69, 9.17) is 14.4 Å². The summed E-state index contributed by atoms with van der Waals surface area (Å²) in [6, 6.07) is 47.6. The number of phenolic OH excluding ortho intramolecular Hbond substituents is 2. The fourth-order valence-corrected chi connectivity index (χ4v) is 9.57. The highest BCUT2D eigenvalue weighted by molar-refractivity contribution is 6.15. The third-order valence-corrected chi connectivity index (χ3v) is 13.7. The molecular formula is C64H66N2O3. The fourth-order valence-electron chi connectivity index (χ4n) is 9.57. The summed E-state index contributed by atoms with van der Waals surface area (Å²) in [6.45, 7) is 29.4. The monoisotopic (exact) mass is 911 g/mol. The van der Waals surface area contributed by atoms with E-state index < -0.39 is 0 Å². The number of rotatable bonds is 8. The molecule has 0 aliphatic heterocycles. The summed E-state index contributed by atoms with van der Waals surface area (Å²) in [4.78, 5) is 10.7.